The number of hydrogen-bond donors (Lipinski definition) is 1. The number of amides is 1. The zero-order valence-electron chi connectivity index (χ0n) is 15.5. The van der Waals surface area contributed by atoms with Gasteiger partial charge in [-0.25, -0.2) is 0 Å². The maximum absolute atomic E-state index is 12.1. The molecule has 1 amide bonds. The van der Waals surface area contributed by atoms with Crippen LogP contribution in [-0.2, 0) is 24.3 Å². The summed E-state index contributed by atoms with van der Waals surface area (Å²) in [5.41, 5.74) is 1.07. The number of nitrogens with zero attached hydrogens (tertiary/aromatic N) is 3. The molecule has 1 heterocycles. The molecule has 1 fully saturated rings. The summed E-state index contributed by atoms with van der Waals surface area (Å²) in [4.78, 5) is 18.9. The fraction of sp³-hybridized carbons (Fsp3) is 0.550. The molecule has 6 heteroatoms. The zero-order valence-corrected chi connectivity index (χ0v) is 15.5. The molecule has 0 atom stereocenters. The average Bonchev–Trinajstić information content (AvgIpc) is 3.13. The number of rotatable bonds is 8. The highest BCUT2D eigenvalue weighted by Crippen LogP contribution is 2.23. The van der Waals surface area contributed by atoms with E-state index in [1.165, 1.54) is 32.1 Å². The standard InChI is InChI=1S/C20H28N4O2/c1-2-24(17-11-7-4-8-12-17)15-20-22-18(23-26-20)13-19(25)21-14-16-9-5-3-6-10-16/h3,5-6,9-10,17H,2,4,7-8,11-15H2,1H3,(H,21,25). The molecule has 1 aromatic carbocycles. The highest BCUT2D eigenvalue weighted by molar-refractivity contribution is 5.77. The maximum Gasteiger partial charge on any atom is 0.240 e. The van der Waals surface area contributed by atoms with Gasteiger partial charge in [0.25, 0.3) is 0 Å². The van der Waals surface area contributed by atoms with Gasteiger partial charge in [0.05, 0.1) is 13.0 Å². The van der Waals surface area contributed by atoms with Crippen molar-refractivity contribution in [2.75, 3.05) is 6.54 Å². The summed E-state index contributed by atoms with van der Waals surface area (Å²) in [5.74, 6) is 0.953. The second-order valence-corrected chi connectivity index (χ2v) is 6.90. The van der Waals surface area contributed by atoms with Gasteiger partial charge >= 0.3 is 0 Å². The number of benzene rings is 1. The molecule has 0 bridgehead atoms. The Balaban J connectivity index is 1.48. The molecular weight excluding hydrogens is 328 g/mol. The zero-order chi connectivity index (χ0) is 18.2. The minimum absolute atomic E-state index is 0.0965. The highest BCUT2D eigenvalue weighted by Gasteiger charge is 2.22. The van der Waals surface area contributed by atoms with Crippen LogP contribution in [0.4, 0.5) is 0 Å². The fourth-order valence-electron chi connectivity index (χ4n) is 3.55. The molecule has 1 aromatic heterocycles. The van der Waals surface area contributed by atoms with Crippen LogP contribution < -0.4 is 5.32 Å². The van der Waals surface area contributed by atoms with Crippen molar-refractivity contribution in [1.29, 1.82) is 0 Å². The van der Waals surface area contributed by atoms with E-state index in [2.05, 4.69) is 27.3 Å². The van der Waals surface area contributed by atoms with E-state index < -0.39 is 0 Å². The summed E-state index contributed by atoms with van der Waals surface area (Å²) in [6, 6.07) is 10.4. The van der Waals surface area contributed by atoms with Gasteiger partial charge in [0.15, 0.2) is 5.82 Å². The van der Waals surface area contributed by atoms with Crippen LogP contribution in [-0.4, -0.2) is 33.5 Å². The summed E-state index contributed by atoms with van der Waals surface area (Å²) < 4.78 is 5.37. The van der Waals surface area contributed by atoms with E-state index in [9.17, 15) is 4.79 Å². The third-order valence-corrected chi connectivity index (χ3v) is 5.00. The predicted octanol–water partition coefficient (Wildman–Crippen LogP) is 3.08. The first-order valence-electron chi connectivity index (χ1n) is 9.60. The molecule has 0 unspecified atom stereocenters. The first-order valence-corrected chi connectivity index (χ1v) is 9.60. The second kappa shape index (κ2) is 9.48. The molecule has 2 aromatic rings. The largest absolute Gasteiger partial charge is 0.352 e. The summed E-state index contributed by atoms with van der Waals surface area (Å²) in [7, 11) is 0. The Labute approximate surface area is 155 Å². The Hall–Kier alpha value is -2.21. The first-order chi connectivity index (χ1) is 12.7. The van der Waals surface area contributed by atoms with Gasteiger partial charge in [-0.3, -0.25) is 9.69 Å². The molecule has 0 saturated heterocycles. The highest BCUT2D eigenvalue weighted by atomic mass is 16.5. The monoisotopic (exact) mass is 356 g/mol. The topological polar surface area (TPSA) is 71.3 Å². The number of aromatic nitrogens is 2. The lowest BCUT2D eigenvalue weighted by molar-refractivity contribution is -0.120. The minimum atomic E-state index is -0.0965. The molecule has 1 aliphatic rings. The molecular formula is C20H28N4O2. The molecule has 26 heavy (non-hydrogen) atoms. The van der Waals surface area contributed by atoms with Crippen LogP contribution in [0.5, 0.6) is 0 Å². The predicted molar refractivity (Wildman–Crippen MR) is 99.2 cm³/mol. The Morgan fingerprint density at radius 3 is 2.73 bits per heavy atom. The van der Waals surface area contributed by atoms with E-state index in [-0.39, 0.29) is 12.3 Å². The SMILES string of the molecule is CCN(Cc1nc(CC(=O)NCc2ccccc2)no1)C1CCCCC1. The van der Waals surface area contributed by atoms with Gasteiger partial charge in [0, 0.05) is 12.6 Å². The lowest BCUT2D eigenvalue weighted by atomic mass is 9.94. The number of carbonyl (C=O) groups excluding carboxylic acids is 1. The summed E-state index contributed by atoms with van der Waals surface area (Å²) in [6.07, 6.45) is 6.59. The first kappa shape index (κ1) is 18.6. The molecule has 6 nitrogen and oxygen atoms in total. The molecule has 140 valence electrons. The fourth-order valence-corrected chi connectivity index (χ4v) is 3.55. The van der Waals surface area contributed by atoms with Crippen molar-refractivity contribution >= 4 is 5.91 Å². The van der Waals surface area contributed by atoms with E-state index in [1.54, 1.807) is 0 Å². The molecule has 0 spiro atoms. The van der Waals surface area contributed by atoms with E-state index in [4.69, 9.17) is 4.52 Å². The van der Waals surface area contributed by atoms with Crippen molar-refractivity contribution in [3.63, 3.8) is 0 Å². The van der Waals surface area contributed by atoms with Crippen LogP contribution in [0.2, 0.25) is 0 Å². The molecule has 0 aliphatic heterocycles. The summed E-state index contributed by atoms with van der Waals surface area (Å²) in [5, 5.41) is 6.86. The second-order valence-electron chi connectivity index (χ2n) is 6.90. The van der Waals surface area contributed by atoms with Gasteiger partial charge in [0.2, 0.25) is 11.8 Å². The van der Waals surface area contributed by atoms with Gasteiger partial charge in [-0.15, -0.1) is 0 Å². The molecule has 0 radical (unpaired) electrons. The van der Waals surface area contributed by atoms with Crippen LogP contribution in [0.15, 0.2) is 34.9 Å². The van der Waals surface area contributed by atoms with Crippen molar-refractivity contribution in [3.8, 4) is 0 Å². The Morgan fingerprint density at radius 1 is 1.23 bits per heavy atom. The Kier molecular flexibility index (Phi) is 6.77. The van der Waals surface area contributed by atoms with Crippen LogP contribution in [0.25, 0.3) is 0 Å². The van der Waals surface area contributed by atoms with E-state index in [0.717, 1.165) is 12.1 Å². The Bertz CT molecular complexity index is 680. The third kappa shape index (κ3) is 5.39. The quantitative estimate of drug-likeness (QED) is 0.787. The van der Waals surface area contributed by atoms with Crippen molar-refractivity contribution in [2.24, 2.45) is 0 Å². The van der Waals surface area contributed by atoms with E-state index in [1.807, 2.05) is 30.3 Å². The van der Waals surface area contributed by atoms with Crippen molar-refractivity contribution in [1.82, 2.24) is 20.4 Å². The van der Waals surface area contributed by atoms with Gasteiger partial charge in [-0.2, -0.15) is 4.98 Å². The molecule has 3 rings (SSSR count). The van der Waals surface area contributed by atoms with Gasteiger partial charge in [0.1, 0.15) is 0 Å². The lowest BCUT2D eigenvalue weighted by Crippen LogP contribution is -2.36. The van der Waals surface area contributed by atoms with Gasteiger partial charge < -0.3 is 9.84 Å². The molecule has 1 N–H and O–H groups in total. The number of nitrogens with one attached hydrogen (secondary N) is 1. The van der Waals surface area contributed by atoms with Crippen LogP contribution in [0, 0.1) is 0 Å². The summed E-state index contributed by atoms with van der Waals surface area (Å²) in [6.45, 7) is 4.32. The van der Waals surface area contributed by atoms with E-state index in [0.29, 0.717) is 30.8 Å². The van der Waals surface area contributed by atoms with Gasteiger partial charge in [-0.1, -0.05) is 61.7 Å². The van der Waals surface area contributed by atoms with Crippen LogP contribution in [0.3, 0.4) is 0 Å². The average molecular weight is 356 g/mol. The summed E-state index contributed by atoms with van der Waals surface area (Å²) >= 11 is 0. The Morgan fingerprint density at radius 2 is 2.00 bits per heavy atom. The smallest absolute Gasteiger partial charge is 0.240 e. The maximum atomic E-state index is 12.1. The number of carbonyl (C=O) groups is 1. The normalized spacial score (nSPS) is 15.3. The van der Waals surface area contributed by atoms with Crippen molar-refractivity contribution < 1.29 is 9.32 Å². The van der Waals surface area contributed by atoms with Crippen LogP contribution >= 0.6 is 0 Å². The minimum Gasteiger partial charge on any atom is -0.352 e. The lowest BCUT2D eigenvalue weighted by Gasteiger charge is -2.32. The van der Waals surface area contributed by atoms with Crippen LogP contribution in [0.1, 0.15) is 56.3 Å². The van der Waals surface area contributed by atoms with Crippen molar-refractivity contribution in [2.45, 2.75) is 64.6 Å². The number of hydrogen-bond acceptors (Lipinski definition) is 5. The van der Waals surface area contributed by atoms with E-state index >= 15 is 0 Å². The molecule has 1 saturated carbocycles. The van der Waals surface area contributed by atoms with Gasteiger partial charge in [-0.05, 0) is 24.9 Å². The third-order valence-electron chi connectivity index (χ3n) is 5.00. The molecule has 1 aliphatic carbocycles. The van der Waals surface area contributed by atoms with Crippen molar-refractivity contribution in [3.05, 3.63) is 47.6 Å².